The van der Waals surface area contributed by atoms with Gasteiger partial charge in [0.15, 0.2) is 26.5 Å². The number of ether oxygens (including phenoxy) is 4. The van der Waals surface area contributed by atoms with Gasteiger partial charge in [-0.05, 0) is 43.7 Å². The van der Waals surface area contributed by atoms with Crippen molar-refractivity contribution >= 4 is 44.0 Å². The molecule has 4 rings (SSSR count). The molecule has 4 aromatic rings. The highest BCUT2D eigenvalue weighted by Gasteiger charge is 2.19. The number of aryl methyl sites for hydroxylation is 1. The van der Waals surface area contributed by atoms with Gasteiger partial charge in [-0.2, -0.15) is 4.98 Å². The molecule has 0 bridgehead atoms. The maximum Gasteiger partial charge on any atom is 0.350 e. The number of rotatable bonds is 12. The third-order valence-corrected chi connectivity index (χ3v) is 8.17. The smallest absolute Gasteiger partial charge is 0.350 e. The number of nitrogens with one attached hydrogen (secondary N) is 2. The Balaban J connectivity index is 1.71. The van der Waals surface area contributed by atoms with Gasteiger partial charge >= 0.3 is 5.97 Å². The topological polar surface area (TPSA) is 151 Å². The first-order valence-electron chi connectivity index (χ1n) is 12.7. The number of hydrogen-bond acceptors (Lipinski definition) is 13. The van der Waals surface area contributed by atoms with E-state index in [1.165, 1.54) is 27.6 Å². The lowest BCUT2D eigenvalue weighted by atomic mass is 10.1. The van der Waals surface area contributed by atoms with Crippen molar-refractivity contribution in [2.75, 3.05) is 44.8 Å². The fourth-order valence-electron chi connectivity index (χ4n) is 3.95. The summed E-state index contributed by atoms with van der Waals surface area (Å²) >= 11 is 1.14. The van der Waals surface area contributed by atoms with Crippen LogP contribution in [0.2, 0.25) is 0 Å². The summed E-state index contributed by atoms with van der Waals surface area (Å²) < 4.78 is 45.2. The van der Waals surface area contributed by atoms with Crippen LogP contribution in [0.1, 0.15) is 27.9 Å². The molecule has 0 saturated heterocycles. The minimum atomic E-state index is -3.30. The third-order valence-electron chi connectivity index (χ3n) is 5.99. The van der Waals surface area contributed by atoms with E-state index < -0.39 is 15.8 Å². The van der Waals surface area contributed by atoms with Crippen molar-refractivity contribution in [1.82, 2.24) is 15.0 Å². The molecule has 0 atom stereocenters. The van der Waals surface area contributed by atoms with Gasteiger partial charge in [0.05, 0.1) is 44.2 Å². The van der Waals surface area contributed by atoms with E-state index in [4.69, 9.17) is 18.9 Å². The second-order valence-electron chi connectivity index (χ2n) is 8.92. The third kappa shape index (κ3) is 7.06. The predicted octanol–water partition coefficient (Wildman–Crippen LogP) is 4.87. The summed E-state index contributed by atoms with van der Waals surface area (Å²) in [4.78, 5) is 26.7. The number of methoxy groups -OCH3 is 3. The van der Waals surface area contributed by atoms with E-state index in [0.29, 0.717) is 56.6 Å². The minimum absolute atomic E-state index is 0.223. The number of thiazole rings is 1. The van der Waals surface area contributed by atoms with E-state index in [1.54, 1.807) is 56.3 Å². The van der Waals surface area contributed by atoms with Gasteiger partial charge in [0, 0.05) is 24.4 Å². The normalized spacial score (nSPS) is 11.1. The van der Waals surface area contributed by atoms with Crippen molar-refractivity contribution in [1.29, 1.82) is 0 Å². The van der Waals surface area contributed by atoms with Crippen molar-refractivity contribution in [3.05, 3.63) is 58.6 Å². The van der Waals surface area contributed by atoms with Crippen molar-refractivity contribution in [2.45, 2.75) is 25.3 Å². The second kappa shape index (κ2) is 13.0. The molecule has 2 aromatic carbocycles. The summed E-state index contributed by atoms with van der Waals surface area (Å²) in [6.07, 6.45) is 1.17. The van der Waals surface area contributed by atoms with Crippen LogP contribution in [0.15, 0.2) is 47.4 Å². The minimum Gasteiger partial charge on any atom is -0.493 e. The molecule has 0 unspecified atom stereocenters. The zero-order valence-corrected chi connectivity index (χ0v) is 25.6. The lowest BCUT2D eigenvalue weighted by Gasteiger charge is -2.15. The predicted molar refractivity (Wildman–Crippen MR) is 160 cm³/mol. The Morgan fingerprint density at radius 3 is 2.19 bits per heavy atom. The average Bonchev–Trinajstić information content (AvgIpc) is 3.34. The molecule has 2 aromatic heterocycles. The Morgan fingerprint density at radius 1 is 0.952 bits per heavy atom. The number of anilines is 3. The summed E-state index contributed by atoms with van der Waals surface area (Å²) in [6.45, 7) is 4.08. The monoisotopic (exact) mass is 613 g/mol. The number of benzene rings is 2. The SMILES string of the molecule is CCOC(=O)c1sc(Nc2nc(NCc3ccc(S(C)(=O)=O)cc3)cc(-c3cc(OC)c(OC)c(OC)c3)n2)nc1C. The summed E-state index contributed by atoms with van der Waals surface area (Å²) in [7, 11) is 1.29. The van der Waals surface area contributed by atoms with Gasteiger partial charge in [-0.1, -0.05) is 23.5 Å². The quantitative estimate of drug-likeness (QED) is 0.210. The van der Waals surface area contributed by atoms with Crippen molar-refractivity contribution in [2.24, 2.45) is 0 Å². The average molecular weight is 614 g/mol. The Bertz CT molecular complexity index is 1660. The standard InChI is InChI=1S/C28H31N5O7S2/c1-7-40-26(34)25-16(2)30-28(41-25)33-27-31-20(18-12-21(37-3)24(39-5)22(13-18)38-4)14-23(32-27)29-15-17-8-10-19(11-9-17)42(6,35)36/h8-14H,7,15H2,1-6H3,(H2,29,30,31,32,33). The lowest BCUT2D eigenvalue weighted by molar-refractivity contribution is 0.0531. The fourth-order valence-corrected chi connectivity index (χ4v) is 5.43. The first-order chi connectivity index (χ1) is 20.1. The molecular weight excluding hydrogens is 582 g/mol. The molecule has 0 aliphatic rings. The summed E-state index contributed by atoms with van der Waals surface area (Å²) in [5, 5.41) is 6.78. The van der Waals surface area contributed by atoms with Gasteiger partial charge in [-0.3, -0.25) is 5.32 Å². The first kappa shape index (κ1) is 30.5. The van der Waals surface area contributed by atoms with Crippen LogP contribution in [0.25, 0.3) is 11.3 Å². The molecule has 2 N–H and O–H groups in total. The molecule has 0 saturated carbocycles. The van der Waals surface area contributed by atoms with Crippen LogP contribution >= 0.6 is 11.3 Å². The summed E-state index contributed by atoms with van der Waals surface area (Å²) in [5.41, 5.74) is 2.57. The number of nitrogens with zero attached hydrogens (tertiary/aromatic N) is 3. The van der Waals surface area contributed by atoms with E-state index in [2.05, 4.69) is 25.6 Å². The second-order valence-corrected chi connectivity index (χ2v) is 11.9. The Labute approximate surface area is 248 Å². The maximum atomic E-state index is 12.3. The lowest BCUT2D eigenvalue weighted by Crippen LogP contribution is -2.06. The molecule has 14 heteroatoms. The van der Waals surface area contributed by atoms with E-state index >= 15 is 0 Å². The first-order valence-corrected chi connectivity index (χ1v) is 15.4. The van der Waals surface area contributed by atoms with Crippen LogP contribution in [0.5, 0.6) is 17.2 Å². The van der Waals surface area contributed by atoms with E-state index in [1.807, 2.05) is 0 Å². The van der Waals surface area contributed by atoms with Gasteiger partial charge in [-0.25, -0.2) is 23.2 Å². The number of sulfone groups is 1. The molecule has 0 radical (unpaired) electrons. The van der Waals surface area contributed by atoms with Crippen molar-refractivity contribution in [3.63, 3.8) is 0 Å². The van der Waals surface area contributed by atoms with Crippen LogP contribution in [0.3, 0.4) is 0 Å². The van der Waals surface area contributed by atoms with Crippen molar-refractivity contribution in [3.8, 4) is 28.5 Å². The highest BCUT2D eigenvalue weighted by atomic mass is 32.2. The maximum absolute atomic E-state index is 12.3. The van der Waals surface area contributed by atoms with Gasteiger partial charge in [-0.15, -0.1) is 0 Å². The molecule has 0 aliphatic carbocycles. The molecule has 2 heterocycles. The molecule has 0 fully saturated rings. The van der Waals surface area contributed by atoms with Crippen LogP contribution in [-0.2, 0) is 21.1 Å². The van der Waals surface area contributed by atoms with E-state index in [-0.39, 0.29) is 17.5 Å². The molecular formula is C28H31N5O7S2. The Hall–Kier alpha value is -4.43. The summed E-state index contributed by atoms with van der Waals surface area (Å²) in [6, 6.07) is 11.9. The van der Waals surface area contributed by atoms with Crippen LogP contribution in [-0.4, -0.2) is 63.5 Å². The fraction of sp³-hybridized carbons (Fsp3) is 0.286. The largest absolute Gasteiger partial charge is 0.493 e. The van der Waals surface area contributed by atoms with Crippen molar-refractivity contribution < 1.29 is 32.2 Å². The zero-order valence-electron chi connectivity index (χ0n) is 24.0. The highest BCUT2D eigenvalue weighted by molar-refractivity contribution is 7.90. The van der Waals surface area contributed by atoms with Gasteiger partial charge < -0.3 is 24.3 Å². The number of carbonyl (C=O) groups excluding carboxylic acids is 1. The van der Waals surface area contributed by atoms with E-state index in [9.17, 15) is 13.2 Å². The zero-order chi connectivity index (χ0) is 30.4. The Morgan fingerprint density at radius 2 is 1.62 bits per heavy atom. The van der Waals surface area contributed by atoms with Gasteiger partial charge in [0.25, 0.3) is 0 Å². The molecule has 0 spiro atoms. The number of carbonyl (C=O) groups is 1. The number of esters is 1. The van der Waals surface area contributed by atoms with Gasteiger partial charge in [0.2, 0.25) is 11.7 Å². The summed E-state index contributed by atoms with van der Waals surface area (Å²) in [5.74, 6) is 1.60. The molecule has 12 nitrogen and oxygen atoms in total. The van der Waals surface area contributed by atoms with E-state index in [0.717, 1.165) is 16.9 Å². The number of aromatic nitrogens is 3. The molecule has 0 amide bonds. The van der Waals surface area contributed by atoms with Gasteiger partial charge in [0.1, 0.15) is 10.7 Å². The van der Waals surface area contributed by atoms with Crippen LogP contribution in [0.4, 0.5) is 16.9 Å². The van der Waals surface area contributed by atoms with Crippen LogP contribution in [0, 0.1) is 6.92 Å². The van der Waals surface area contributed by atoms with Crippen LogP contribution < -0.4 is 24.8 Å². The number of hydrogen-bond donors (Lipinski definition) is 2. The molecule has 0 aliphatic heterocycles. The highest BCUT2D eigenvalue weighted by Crippen LogP contribution is 2.41. The Kier molecular flexibility index (Phi) is 9.48. The molecule has 222 valence electrons. The molecule has 42 heavy (non-hydrogen) atoms.